The molecule has 0 bridgehead atoms. The smallest absolute Gasteiger partial charge is 0.133 e. The van der Waals surface area contributed by atoms with Crippen LogP contribution in [0.15, 0.2) is 23.3 Å². The Balaban J connectivity index is 1.59. The van der Waals surface area contributed by atoms with Gasteiger partial charge in [0.25, 0.3) is 0 Å². The Labute approximate surface area is 192 Å². The third-order valence-corrected chi connectivity index (χ3v) is 11.8. The summed E-state index contributed by atoms with van der Waals surface area (Å²) in [5.41, 5.74) is 6.36. The summed E-state index contributed by atoms with van der Waals surface area (Å²) < 4.78 is 0. The van der Waals surface area contributed by atoms with Crippen LogP contribution in [0.5, 0.6) is 0 Å². The average Bonchev–Trinajstić information content (AvgIpc) is 2.98. The maximum atomic E-state index is 12.2. The van der Waals surface area contributed by atoms with E-state index in [1.54, 1.807) is 0 Å². The molecule has 4 aliphatic rings. The second-order valence-electron chi connectivity index (χ2n) is 13.4. The second-order valence-corrected chi connectivity index (χ2v) is 13.4. The molecule has 0 aromatic carbocycles. The van der Waals surface area contributed by atoms with Crippen LogP contribution in [0.4, 0.5) is 0 Å². The molecule has 0 radical (unpaired) electrons. The Morgan fingerprint density at radius 3 is 2.45 bits per heavy atom. The summed E-state index contributed by atoms with van der Waals surface area (Å²) in [6.07, 6.45) is 13.3. The van der Waals surface area contributed by atoms with Gasteiger partial charge in [-0.25, -0.2) is 0 Å². The summed E-state index contributed by atoms with van der Waals surface area (Å²) in [4.78, 5) is 12.2. The Hall–Kier alpha value is -0.850. The molecule has 1 heteroatoms. The van der Waals surface area contributed by atoms with Gasteiger partial charge in [0.1, 0.15) is 5.78 Å². The normalized spacial score (nSPS) is 41.5. The SMILES string of the molecule is C=C(C)C(C)(C)CC[C@@H](C)[C@H]1CC[C@@]2(C)C3=C(CC[C@]12C)[C@@]1(C)CCC(=O)C[C@@H]1CC3. The van der Waals surface area contributed by atoms with Crippen LogP contribution >= 0.6 is 0 Å². The van der Waals surface area contributed by atoms with Crippen LogP contribution in [0.3, 0.4) is 0 Å². The highest BCUT2D eigenvalue weighted by Gasteiger charge is 2.61. The lowest BCUT2D eigenvalue weighted by Crippen LogP contribution is -2.49. The fourth-order valence-electron chi connectivity index (χ4n) is 8.60. The lowest BCUT2D eigenvalue weighted by Gasteiger charge is -2.58. The fraction of sp³-hybridized carbons (Fsp3) is 0.833. The van der Waals surface area contributed by atoms with Gasteiger partial charge in [0, 0.05) is 12.8 Å². The van der Waals surface area contributed by atoms with Gasteiger partial charge in [0.2, 0.25) is 0 Å². The minimum absolute atomic E-state index is 0.255. The molecule has 6 atom stereocenters. The van der Waals surface area contributed by atoms with Gasteiger partial charge in [-0.1, -0.05) is 64.8 Å². The van der Waals surface area contributed by atoms with Crippen LogP contribution < -0.4 is 0 Å². The quantitative estimate of drug-likeness (QED) is 0.403. The van der Waals surface area contributed by atoms with Gasteiger partial charge in [0.05, 0.1) is 0 Å². The van der Waals surface area contributed by atoms with E-state index >= 15 is 0 Å². The van der Waals surface area contributed by atoms with Crippen molar-refractivity contribution < 1.29 is 4.79 Å². The molecule has 0 heterocycles. The van der Waals surface area contributed by atoms with Crippen molar-refractivity contribution in [1.82, 2.24) is 0 Å². The van der Waals surface area contributed by atoms with Crippen molar-refractivity contribution in [3.8, 4) is 0 Å². The summed E-state index contributed by atoms with van der Waals surface area (Å²) in [5.74, 6) is 2.75. The topological polar surface area (TPSA) is 17.1 Å². The molecule has 0 spiro atoms. The number of carbonyl (C=O) groups is 1. The Morgan fingerprint density at radius 1 is 1.06 bits per heavy atom. The number of fused-ring (bicyclic) bond motifs is 4. The Kier molecular flexibility index (Phi) is 5.71. The monoisotopic (exact) mass is 424 g/mol. The molecular weight excluding hydrogens is 376 g/mol. The molecule has 2 fully saturated rings. The van der Waals surface area contributed by atoms with Crippen LogP contribution in [0.1, 0.15) is 119 Å². The van der Waals surface area contributed by atoms with Gasteiger partial charge in [-0.15, -0.1) is 0 Å². The maximum absolute atomic E-state index is 12.2. The highest BCUT2D eigenvalue weighted by Crippen LogP contribution is 2.71. The number of rotatable bonds is 5. The maximum Gasteiger partial charge on any atom is 0.133 e. The molecule has 174 valence electrons. The number of hydrogen-bond acceptors (Lipinski definition) is 1. The summed E-state index contributed by atoms with van der Waals surface area (Å²) in [5, 5.41) is 0. The summed E-state index contributed by atoms with van der Waals surface area (Å²) in [6, 6.07) is 0. The van der Waals surface area contributed by atoms with Crippen LogP contribution in [-0.4, -0.2) is 5.78 Å². The third kappa shape index (κ3) is 3.43. The van der Waals surface area contributed by atoms with E-state index in [1.165, 1.54) is 56.9 Å². The van der Waals surface area contributed by atoms with E-state index in [0.29, 0.717) is 27.9 Å². The van der Waals surface area contributed by atoms with E-state index in [2.05, 4.69) is 55.0 Å². The molecule has 0 amide bonds. The average molecular weight is 425 g/mol. The highest BCUT2D eigenvalue weighted by molar-refractivity contribution is 5.80. The first-order chi connectivity index (χ1) is 14.3. The first kappa shape index (κ1) is 23.3. The minimum Gasteiger partial charge on any atom is -0.300 e. The van der Waals surface area contributed by atoms with Crippen LogP contribution in [0, 0.1) is 39.4 Å². The molecule has 0 saturated heterocycles. The van der Waals surface area contributed by atoms with Crippen molar-refractivity contribution in [3.63, 3.8) is 0 Å². The van der Waals surface area contributed by atoms with Gasteiger partial charge < -0.3 is 0 Å². The predicted molar refractivity (Wildman–Crippen MR) is 132 cm³/mol. The van der Waals surface area contributed by atoms with Gasteiger partial charge in [0.15, 0.2) is 0 Å². The third-order valence-electron chi connectivity index (χ3n) is 11.8. The Bertz CT molecular complexity index is 799. The van der Waals surface area contributed by atoms with Gasteiger partial charge in [-0.3, -0.25) is 4.79 Å². The van der Waals surface area contributed by atoms with E-state index in [9.17, 15) is 4.79 Å². The summed E-state index contributed by atoms with van der Waals surface area (Å²) in [7, 11) is 0. The van der Waals surface area contributed by atoms with Crippen molar-refractivity contribution in [1.29, 1.82) is 0 Å². The first-order valence-electron chi connectivity index (χ1n) is 13.3. The molecule has 4 rings (SSSR count). The van der Waals surface area contributed by atoms with E-state index in [4.69, 9.17) is 0 Å². The number of ketones is 1. The number of allylic oxidation sites excluding steroid dienone is 3. The molecule has 4 aliphatic carbocycles. The van der Waals surface area contributed by atoms with Gasteiger partial charge in [-0.05, 0) is 104 Å². The zero-order valence-corrected chi connectivity index (χ0v) is 21.6. The number of carbonyl (C=O) groups excluding carboxylic acids is 1. The van der Waals surface area contributed by atoms with Crippen molar-refractivity contribution in [3.05, 3.63) is 23.3 Å². The lowest BCUT2D eigenvalue weighted by molar-refractivity contribution is -0.124. The molecule has 0 aliphatic heterocycles. The number of hydrogen-bond donors (Lipinski definition) is 0. The lowest BCUT2D eigenvalue weighted by atomic mass is 9.46. The van der Waals surface area contributed by atoms with E-state index < -0.39 is 0 Å². The van der Waals surface area contributed by atoms with Crippen molar-refractivity contribution in [2.75, 3.05) is 0 Å². The van der Waals surface area contributed by atoms with E-state index in [-0.39, 0.29) is 5.41 Å². The summed E-state index contributed by atoms with van der Waals surface area (Å²) in [6.45, 7) is 21.6. The zero-order valence-electron chi connectivity index (χ0n) is 21.6. The first-order valence-corrected chi connectivity index (χ1v) is 13.3. The molecule has 0 aromatic heterocycles. The minimum atomic E-state index is 0.255. The standard InChI is InChI=1S/C30H48O/c1-20(2)27(4,5)15-11-21(3)24-13-17-30(8)26-10-9-22-19-23(31)12-16-28(22,6)25(26)14-18-29(24,30)7/h21-22,24H,1,9-19H2,2-8H3/t21-,22+,24-,28+,29-,30+/m1/s1. The molecule has 0 unspecified atom stereocenters. The molecule has 0 aromatic rings. The van der Waals surface area contributed by atoms with Crippen molar-refractivity contribution in [2.24, 2.45) is 39.4 Å². The Morgan fingerprint density at radius 2 is 1.77 bits per heavy atom. The predicted octanol–water partition coefficient (Wildman–Crippen LogP) is 8.69. The van der Waals surface area contributed by atoms with Crippen LogP contribution in [-0.2, 0) is 4.79 Å². The molecular formula is C30H48O. The van der Waals surface area contributed by atoms with Crippen molar-refractivity contribution >= 4 is 5.78 Å². The van der Waals surface area contributed by atoms with E-state index in [0.717, 1.165) is 31.1 Å². The molecule has 1 nitrogen and oxygen atoms in total. The van der Waals surface area contributed by atoms with Gasteiger partial charge in [-0.2, -0.15) is 0 Å². The summed E-state index contributed by atoms with van der Waals surface area (Å²) >= 11 is 0. The van der Waals surface area contributed by atoms with Gasteiger partial charge >= 0.3 is 0 Å². The van der Waals surface area contributed by atoms with E-state index in [1.807, 2.05) is 11.1 Å². The van der Waals surface area contributed by atoms with Crippen LogP contribution in [0.2, 0.25) is 0 Å². The van der Waals surface area contributed by atoms with Crippen molar-refractivity contribution in [2.45, 2.75) is 119 Å². The second kappa shape index (κ2) is 7.59. The molecule has 31 heavy (non-hydrogen) atoms. The fourth-order valence-corrected chi connectivity index (χ4v) is 8.60. The molecule has 0 N–H and O–H groups in total. The largest absolute Gasteiger partial charge is 0.300 e. The number of Topliss-reactive ketones (excluding diaryl/α,β-unsaturated/α-hetero) is 1. The highest BCUT2D eigenvalue weighted by atomic mass is 16.1. The van der Waals surface area contributed by atoms with Crippen LogP contribution in [0.25, 0.3) is 0 Å². The zero-order chi connectivity index (χ0) is 22.8. The molecule has 2 saturated carbocycles.